The zero-order chi connectivity index (χ0) is 22.4. The number of nitrogens with zero attached hydrogens (tertiary/aromatic N) is 2. The quantitative estimate of drug-likeness (QED) is 0.592. The lowest BCUT2D eigenvalue weighted by Crippen LogP contribution is -2.48. The monoisotopic (exact) mass is 424 g/mol. The van der Waals surface area contributed by atoms with Gasteiger partial charge in [0.15, 0.2) is 17.3 Å². The molecule has 0 N–H and O–H groups in total. The van der Waals surface area contributed by atoms with Gasteiger partial charge in [0.2, 0.25) is 0 Å². The predicted molar refractivity (Wildman–Crippen MR) is 123 cm³/mol. The van der Waals surface area contributed by atoms with E-state index in [2.05, 4.69) is 18.7 Å². The summed E-state index contributed by atoms with van der Waals surface area (Å²) in [5, 5.41) is 0. The maximum Gasteiger partial charge on any atom is 0.254 e. The SMILES string of the molecule is CCOc1cc(C(=O)N2CCN(c3ccc(C(C)=O)cc3)CC2)ccc1OCC(C)C. The number of hydrogen-bond donors (Lipinski definition) is 0. The van der Waals surface area contributed by atoms with Crippen molar-refractivity contribution in [2.75, 3.05) is 44.3 Å². The number of ketones is 1. The van der Waals surface area contributed by atoms with Gasteiger partial charge in [0.25, 0.3) is 5.91 Å². The molecule has 1 aliphatic heterocycles. The van der Waals surface area contributed by atoms with Gasteiger partial charge in [-0.05, 0) is 62.2 Å². The second-order valence-electron chi connectivity index (χ2n) is 8.18. The summed E-state index contributed by atoms with van der Waals surface area (Å²) in [6.45, 7) is 11.6. The second kappa shape index (κ2) is 10.3. The third-order valence-corrected chi connectivity index (χ3v) is 5.27. The van der Waals surface area contributed by atoms with Crippen molar-refractivity contribution in [2.45, 2.75) is 27.7 Å². The Hall–Kier alpha value is -3.02. The average molecular weight is 425 g/mol. The van der Waals surface area contributed by atoms with E-state index in [0.29, 0.717) is 54.8 Å². The Balaban J connectivity index is 1.64. The number of ether oxygens (including phenoxy) is 2. The molecular weight excluding hydrogens is 392 g/mol. The van der Waals surface area contributed by atoms with Crippen LogP contribution in [0, 0.1) is 5.92 Å². The fourth-order valence-electron chi connectivity index (χ4n) is 3.54. The first-order valence-electron chi connectivity index (χ1n) is 10.9. The van der Waals surface area contributed by atoms with Gasteiger partial charge in [-0.3, -0.25) is 9.59 Å². The maximum atomic E-state index is 13.1. The molecule has 0 aliphatic carbocycles. The van der Waals surface area contributed by atoms with Crippen LogP contribution in [0.3, 0.4) is 0 Å². The van der Waals surface area contributed by atoms with Gasteiger partial charge in [-0.15, -0.1) is 0 Å². The molecule has 6 heteroatoms. The number of carbonyl (C=O) groups is 2. The van der Waals surface area contributed by atoms with E-state index in [4.69, 9.17) is 9.47 Å². The van der Waals surface area contributed by atoms with Gasteiger partial charge in [-0.1, -0.05) is 13.8 Å². The number of piperazine rings is 1. The predicted octanol–water partition coefficient (Wildman–Crippen LogP) is 4.29. The fraction of sp³-hybridized carbons (Fsp3) is 0.440. The van der Waals surface area contributed by atoms with Crippen LogP contribution in [0.1, 0.15) is 48.4 Å². The molecule has 0 saturated carbocycles. The highest BCUT2D eigenvalue weighted by molar-refractivity contribution is 5.95. The molecule has 0 radical (unpaired) electrons. The van der Waals surface area contributed by atoms with Crippen LogP contribution in [0.5, 0.6) is 11.5 Å². The Labute approximate surface area is 184 Å². The standard InChI is InChI=1S/C25H32N2O4/c1-5-30-24-16-21(8-11-23(24)31-17-18(2)3)25(29)27-14-12-26(13-15-27)22-9-6-20(7-10-22)19(4)28/h6-11,16,18H,5,12-15,17H2,1-4H3. The van der Waals surface area contributed by atoms with Crippen LogP contribution in [-0.4, -0.2) is 56.0 Å². The molecule has 0 bridgehead atoms. The maximum absolute atomic E-state index is 13.1. The van der Waals surface area contributed by atoms with E-state index in [-0.39, 0.29) is 11.7 Å². The minimum atomic E-state index is 0.00272. The van der Waals surface area contributed by atoms with Gasteiger partial charge in [-0.2, -0.15) is 0 Å². The van der Waals surface area contributed by atoms with Crippen LogP contribution in [0.25, 0.3) is 0 Å². The van der Waals surface area contributed by atoms with Crippen molar-refractivity contribution < 1.29 is 19.1 Å². The van der Waals surface area contributed by atoms with Crippen molar-refractivity contribution in [3.63, 3.8) is 0 Å². The molecule has 1 heterocycles. The topological polar surface area (TPSA) is 59.1 Å². The van der Waals surface area contributed by atoms with Crippen molar-refractivity contribution >= 4 is 17.4 Å². The highest BCUT2D eigenvalue weighted by Crippen LogP contribution is 2.30. The summed E-state index contributed by atoms with van der Waals surface area (Å²) in [5.74, 6) is 1.76. The van der Waals surface area contributed by atoms with Crippen LogP contribution in [0.4, 0.5) is 5.69 Å². The summed E-state index contributed by atoms with van der Waals surface area (Å²) in [7, 11) is 0. The first-order valence-corrected chi connectivity index (χ1v) is 10.9. The molecule has 1 fully saturated rings. The van der Waals surface area contributed by atoms with E-state index >= 15 is 0 Å². The number of Topliss-reactive ketones (excluding diaryl/α,β-unsaturated/α-hetero) is 1. The molecular formula is C25H32N2O4. The zero-order valence-electron chi connectivity index (χ0n) is 18.9. The Morgan fingerprint density at radius 3 is 2.13 bits per heavy atom. The Morgan fingerprint density at radius 2 is 1.55 bits per heavy atom. The molecule has 1 saturated heterocycles. The van der Waals surface area contributed by atoms with Gasteiger partial charge in [0.05, 0.1) is 13.2 Å². The average Bonchev–Trinajstić information content (AvgIpc) is 2.78. The Kier molecular flexibility index (Phi) is 7.55. The second-order valence-corrected chi connectivity index (χ2v) is 8.18. The van der Waals surface area contributed by atoms with Crippen molar-refractivity contribution in [3.05, 3.63) is 53.6 Å². The molecule has 1 aliphatic rings. The smallest absolute Gasteiger partial charge is 0.254 e. The normalized spacial score (nSPS) is 14.0. The lowest BCUT2D eigenvalue weighted by Gasteiger charge is -2.36. The number of carbonyl (C=O) groups excluding carboxylic acids is 2. The Bertz CT molecular complexity index is 900. The summed E-state index contributed by atoms with van der Waals surface area (Å²) in [6.07, 6.45) is 0. The Morgan fingerprint density at radius 1 is 0.903 bits per heavy atom. The summed E-state index contributed by atoms with van der Waals surface area (Å²) < 4.78 is 11.6. The molecule has 0 aromatic heterocycles. The molecule has 0 unspecified atom stereocenters. The van der Waals surface area contributed by atoms with Crippen LogP contribution in [0.2, 0.25) is 0 Å². The highest BCUT2D eigenvalue weighted by Gasteiger charge is 2.23. The van der Waals surface area contributed by atoms with Gasteiger partial charge >= 0.3 is 0 Å². The summed E-state index contributed by atoms with van der Waals surface area (Å²) in [5.41, 5.74) is 2.39. The van der Waals surface area contributed by atoms with Gasteiger partial charge in [0.1, 0.15) is 0 Å². The molecule has 3 rings (SSSR count). The van der Waals surface area contributed by atoms with E-state index in [9.17, 15) is 9.59 Å². The van der Waals surface area contributed by atoms with Crippen molar-refractivity contribution in [2.24, 2.45) is 5.92 Å². The largest absolute Gasteiger partial charge is 0.490 e. The fourth-order valence-corrected chi connectivity index (χ4v) is 3.54. The zero-order valence-corrected chi connectivity index (χ0v) is 18.9. The molecule has 0 spiro atoms. The highest BCUT2D eigenvalue weighted by atomic mass is 16.5. The molecule has 1 amide bonds. The van der Waals surface area contributed by atoms with Crippen LogP contribution in [-0.2, 0) is 0 Å². The molecule has 166 valence electrons. The van der Waals surface area contributed by atoms with Gasteiger partial charge in [-0.25, -0.2) is 0 Å². The molecule has 31 heavy (non-hydrogen) atoms. The van der Waals surface area contributed by atoms with E-state index in [1.807, 2.05) is 48.2 Å². The van der Waals surface area contributed by atoms with Crippen LogP contribution in [0.15, 0.2) is 42.5 Å². The van der Waals surface area contributed by atoms with E-state index in [1.54, 1.807) is 13.0 Å². The van der Waals surface area contributed by atoms with Gasteiger partial charge in [0, 0.05) is 43.0 Å². The number of hydrogen-bond acceptors (Lipinski definition) is 5. The molecule has 0 atom stereocenters. The van der Waals surface area contributed by atoms with Crippen molar-refractivity contribution in [3.8, 4) is 11.5 Å². The van der Waals surface area contributed by atoms with Crippen LogP contribution < -0.4 is 14.4 Å². The lowest BCUT2D eigenvalue weighted by molar-refractivity contribution is 0.0746. The minimum absolute atomic E-state index is 0.00272. The number of anilines is 1. The van der Waals surface area contributed by atoms with Crippen molar-refractivity contribution in [1.29, 1.82) is 0 Å². The van der Waals surface area contributed by atoms with Gasteiger partial charge < -0.3 is 19.3 Å². The number of benzene rings is 2. The van der Waals surface area contributed by atoms with E-state index < -0.39 is 0 Å². The third kappa shape index (κ3) is 5.78. The lowest BCUT2D eigenvalue weighted by atomic mass is 10.1. The van der Waals surface area contributed by atoms with E-state index in [1.165, 1.54) is 0 Å². The molecule has 2 aromatic carbocycles. The number of amides is 1. The summed E-state index contributed by atoms with van der Waals surface area (Å²) >= 11 is 0. The number of rotatable bonds is 8. The van der Waals surface area contributed by atoms with Crippen LogP contribution >= 0.6 is 0 Å². The molecule has 6 nitrogen and oxygen atoms in total. The summed E-state index contributed by atoms with van der Waals surface area (Å²) in [6, 6.07) is 13.1. The minimum Gasteiger partial charge on any atom is -0.490 e. The first kappa shape index (κ1) is 22.7. The van der Waals surface area contributed by atoms with Crippen molar-refractivity contribution in [1.82, 2.24) is 4.90 Å². The third-order valence-electron chi connectivity index (χ3n) is 5.27. The first-order chi connectivity index (χ1) is 14.9. The van der Waals surface area contributed by atoms with E-state index in [0.717, 1.165) is 18.8 Å². The molecule has 2 aromatic rings. The summed E-state index contributed by atoms with van der Waals surface area (Å²) in [4.78, 5) is 28.6.